The van der Waals surface area contributed by atoms with Crippen LogP contribution in [0.4, 0.5) is 0 Å². The van der Waals surface area contributed by atoms with Gasteiger partial charge in [-0.15, -0.1) is 0 Å². The van der Waals surface area contributed by atoms with Gasteiger partial charge in [0.25, 0.3) is 0 Å². The van der Waals surface area contributed by atoms with Crippen molar-refractivity contribution in [3.05, 3.63) is 64.8 Å². The summed E-state index contributed by atoms with van der Waals surface area (Å²) in [6, 6.07) is 5.45. The predicted octanol–water partition coefficient (Wildman–Crippen LogP) is 4.11. The molecular weight excluding hydrogens is 248 g/mol. The summed E-state index contributed by atoms with van der Waals surface area (Å²) in [4.78, 5) is 12.7. The van der Waals surface area contributed by atoms with Crippen LogP contribution in [0.2, 0.25) is 0 Å². The Hall–Kier alpha value is -2.09. The van der Waals surface area contributed by atoms with Crippen LogP contribution in [0.3, 0.4) is 0 Å². The van der Waals surface area contributed by atoms with Gasteiger partial charge in [-0.25, -0.2) is 0 Å². The van der Waals surface area contributed by atoms with E-state index >= 15 is 0 Å². The fourth-order valence-electron chi connectivity index (χ4n) is 2.88. The lowest BCUT2D eigenvalue weighted by atomic mass is 9.88. The molecule has 0 unspecified atom stereocenters. The molecule has 2 bridgehead atoms. The van der Waals surface area contributed by atoms with E-state index in [2.05, 4.69) is 6.08 Å². The molecule has 0 heterocycles. The third kappa shape index (κ3) is 2.46. The first-order valence-electron chi connectivity index (χ1n) is 7.17. The first-order chi connectivity index (χ1) is 9.75. The second-order valence-corrected chi connectivity index (χ2v) is 5.38. The van der Waals surface area contributed by atoms with E-state index in [-0.39, 0.29) is 11.5 Å². The summed E-state index contributed by atoms with van der Waals surface area (Å²) in [5.41, 5.74) is 3.48. The van der Waals surface area contributed by atoms with Crippen LogP contribution in [0.15, 0.2) is 53.6 Å². The highest BCUT2D eigenvalue weighted by Gasteiger charge is 2.20. The molecule has 2 nitrogen and oxygen atoms in total. The maximum atomic E-state index is 12.7. The molecule has 0 amide bonds. The highest BCUT2D eigenvalue weighted by Crippen LogP contribution is 2.30. The average molecular weight is 266 g/mol. The van der Waals surface area contributed by atoms with E-state index in [1.807, 2.05) is 24.3 Å². The smallest absolute Gasteiger partial charge is 0.193 e. The number of phenolic OH excluding ortho intramolecular Hbond substituents is 1. The predicted molar refractivity (Wildman–Crippen MR) is 79.9 cm³/mol. The van der Waals surface area contributed by atoms with Gasteiger partial charge in [-0.2, -0.15) is 0 Å². The van der Waals surface area contributed by atoms with Crippen LogP contribution < -0.4 is 0 Å². The normalized spacial score (nSPS) is 22.3. The van der Waals surface area contributed by atoms with Crippen LogP contribution in [0.1, 0.15) is 41.6 Å². The summed E-state index contributed by atoms with van der Waals surface area (Å²) >= 11 is 0. The van der Waals surface area contributed by atoms with Crippen molar-refractivity contribution in [2.45, 2.75) is 32.1 Å². The van der Waals surface area contributed by atoms with Gasteiger partial charge in [-0.05, 0) is 55.4 Å². The molecule has 1 aromatic carbocycles. The maximum Gasteiger partial charge on any atom is 0.193 e. The largest absolute Gasteiger partial charge is 0.507 e. The van der Waals surface area contributed by atoms with E-state index in [0.717, 1.165) is 48.8 Å². The van der Waals surface area contributed by atoms with Gasteiger partial charge in [-0.3, -0.25) is 4.79 Å². The molecule has 0 radical (unpaired) electrons. The Kier molecular flexibility index (Phi) is 3.55. The topological polar surface area (TPSA) is 37.3 Å². The number of hydrogen-bond donors (Lipinski definition) is 1. The Bertz CT molecular complexity index is 633. The number of allylic oxidation sites excluding steroid dienone is 6. The van der Waals surface area contributed by atoms with Crippen LogP contribution in [0, 0.1) is 0 Å². The Morgan fingerprint density at radius 3 is 2.65 bits per heavy atom. The molecule has 4 rings (SSSR count). The van der Waals surface area contributed by atoms with Crippen molar-refractivity contribution in [2.75, 3.05) is 0 Å². The first kappa shape index (κ1) is 12.9. The number of carbonyl (C=O) groups excluding carboxylic acids is 1. The van der Waals surface area contributed by atoms with Crippen LogP contribution in [0.25, 0.3) is 0 Å². The van der Waals surface area contributed by atoms with Crippen molar-refractivity contribution >= 4 is 5.78 Å². The Labute approximate surface area is 119 Å². The highest BCUT2D eigenvalue weighted by molar-refractivity contribution is 6.11. The molecule has 1 N–H and O–H groups in total. The molecular formula is C18H18O2. The number of aromatic hydroxyl groups is 1. The fraction of sp³-hybridized carbons (Fsp3) is 0.278. The zero-order valence-corrected chi connectivity index (χ0v) is 11.4. The zero-order valence-electron chi connectivity index (χ0n) is 11.4. The molecule has 1 aromatic rings. The van der Waals surface area contributed by atoms with Gasteiger partial charge in [0.1, 0.15) is 5.75 Å². The molecule has 2 heteroatoms. The van der Waals surface area contributed by atoms with Crippen molar-refractivity contribution in [1.29, 1.82) is 0 Å². The molecule has 20 heavy (non-hydrogen) atoms. The monoisotopic (exact) mass is 266 g/mol. The van der Waals surface area contributed by atoms with Gasteiger partial charge >= 0.3 is 0 Å². The molecule has 0 saturated carbocycles. The number of ketones is 1. The fourth-order valence-corrected chi connectivity index (χ4v) is 2.88. The summed E-state index contributed by atoms with van der Waals surface area (Å²) < 4.78 is 0. The first-order valence-corrected chi connectivity index (χ1v) is 7.17. The highest BCUT2D eigenvalue weighted by atomic mass is 16.3. The molecule has 0 saturated heterocycles. The third-order valence-electron chi connectivity index (χ3n) is 3.99. The molecule has 0 aliphatic heterocycles. The van der Waals surface area contributed by atoms with Gasteiger partial charge in [0.15, 0.2) is 5.78 Å². The summed E-state index contributed by atoms with van der Waals surface area (Å²) in [7, 11) is 0. The lowest BCUT2D eigenvalue weighted by Gasteiger charge is -2.16. The zero-order chi connectivity index (χ0) is 13.9. The van der Waals surface area contributed by atoms with Crippen LogP contribution in [-0.2, 0) is 6.42 Å². The molecule has 0 fully saturated rings. The second-order valence-electron chi connectivity index (χ2n) is 5.38. The molecule has 3 aliphatic carbocycles. The summed E-state index contributed by atoms with van der Waals surface area (Å²) in [6.07, 6.45) is 12.7. The molecule has 3 aliphatic rings. The average Bonchev–Trinajstić information content (AvgIpc) is 2.48. The van der Waals surface area contributed by atoms with Gasteiger partial charge in [-0.1, -0.05) is 30.4 Å². The Morgan fingerprint density at radius 1 is 1.05 bits per heavy atom. The van der Waals surface area contributed by atoms with Crippen LogP contribution >= 0.6 is 0 Å². The SMILES string of the molecule is O=C1C(=C2C=CC=CC2)CCCCc2ccc1c(O)c2. The van der Waals surface area contributed by atoms with Crippen molar-refractivity contribution in [3.63, 3.8) is 0 Å². The minimum absolute atomic E-state index is 0.0223. The van der Waals surface area contributed by atoms with Crippen LogP contribution in [0.5, 0.6) is 5.75 Å². The number of rotatable bonds is 0. The molecule has 102 valence electrons. The van der Waals surface area contributed by atoms with E-state index < -0.39 is 0 Å². The van der Waals surface area contributed by atoms with Crippen LogP contribution in [-0.4, -0.2) is 10.9 Å². The van der Waals surface area contributed by atoms with Crippen molar-refractivity contribution in [3.8, 4) is 5.75 Å². The maximum absolute atomic E-state index is 12.7. The van der Waals surface area contributed by atoms with E-state index in [9.17, 15) is 9.90 Å². The van der Waals surface area contributed by atoms with E-state index in [4.69, 9.17) is 0 Å². The Morgan fingerprint density at radius 2 is 1.90 bits per heavy atom. The summed E-state index contributed by atoms with van der Waals surface area (Å²) in [6.45, 7) is 0. The van der Waals surface area contributed by atoms with E-state index in [1.165, 1.54) is 0 Å². The number of hydrogen-bond acceptors (Lipinski definition) is 2. The van der Waals surface area contributed by atoms with Crippen molar-refractivity contribution in [1.82, 2.24) is 0 Å². The van der Waals surface area contributed by atoms with Gasteiger partial charge in [0.05, 0.1) is 5.56 Å². The summed E-state index contributed by atoms with van der Waals surface area (Å²) in [5, 5.41) is 10.1. The summed E-state index contributed by atoms with van der Waals surface area (Å²) in [5.74, 6) is 0.0914. The van der Waals surface area contributed by atoms with Gasteiger partial charge in [0, 0.05) is 5.57 Å². The lowest BCUT2D eigenvalue weighted by molar-refractivity contribution is 0.102. The van der Waals surface area contributed by atoms with E-state index in [1.54, 1.807) is 12.1 Å². The number of Topliss-reactive ketones (excluding diaryl/α,β-unsaturated/α-hetero) is 1. The van der Waals surface area contributed by atoms with Gasteiger partial charge in [0.2, 0.25) is 0 Å². The number of fused-ring (bicyclic) bond motifs is 7. The quantitative estimate of drug-likeness (QED) is 0.717. The van der Waals surface area contributed by atoms with Crippen molar-refractivity contribution in [2.24, 2.45) is 0 Å². The molecule has 0 atom stereocenters. The number of phenols is 1. The molecule has 0 spiro atoms. The third-order valence-corrected chi connectivity index (χ3v) is 3.99. The minimum atomic E-state index is -0.0223. The standard InChI is InChI=1S/C18H18O2/c19-17-12-13-6-4-5-9-15(14-7-2-1-3-8-14)18(20)16(17)11-10-13/h1-3,7,10-12,19H,4-6,8-9H2. The van der Waals surface area contributed by atoms with Crippen molar-refractivity contribution < 1.29 is 9.90 Å². The Balaban J connectivity index is 2.08. The lowest BCUT2D eigenvalue weighted by Crippen LogP contribution is -2.09. The van der Waals surface area contributed by atoms with E-state index in [0.29, 0.717) is 5.56 Å². The van der Waals surface area contributed by atoms with Gasteiger partial charge < -0.3 is 5.11 Å². The number of aryl methyl sites for hydroxylation is 1. The number of carbonyl (C=O) groups is 1. The second kappa shape index (κ2) is 5.49. The minimum Gasteiger partial charge on any atom is -0.507 e. The molecule has 0 aromatic heterocycles. The number of benzene rings is 1.